The van der Waals surface area contributed by atoms with Gasteiger partial charge in [0.2, 0.25) is 0 Å². The molecule has 0 amide bonds. The summed E-state index contributed by atoms with van der Waals surface area (Å²) in [6.07, 6.45) is 7.36. The molecule has 1 aliphatic rings. The van der Waals surface area contributed by atoms with Crippen molar-refractivity contribution in [1.29, 1.82) is 0 Å². The number of carbonyl (C=O) groups is 1. The summed E-state index contributed by atoms with van der Waals surface area (Å²) >= 11 is 0. The number of aliphatic carboxylic acids is 1. The Balaban J connectivity index is 1.58. The molecule has 4 rings (SSSR count). The number of carboxylic acids is 1. The van der Waals surface area contributed by atoms with E-state index in [9.17, 15) is 14.3 Å². The number of nitrogens with zero attached hydrogens (tertiary/aromatic N) is 5. The Labute approximate surface area is 186 Å². The third kappa shape index (κ3) is 5.43. The molecule has 0 spiro atoms. The Morgan fingerprint density at radius 2 is 1.91 bits per heavy atom. The van der Waals surface area contributed by atoms with Crippen LogP contribution in [0.15, 0.2) is 48.9 Å². The number of aromatic nitrogens is 4. The van der Waals surface area contributed by atoms with Crippen molar-refractivity contribution < 1.29 is 14.3 Å². The zero-order valence-corrected chi connectivity index (χ0v) is 18.0. The quantitative estimate of drug-likeness (QED) is 0.606. The van der Waals surface area contributed by atoms with Gasteiger partial charge in [-0.3, -0.25) is 14.8 Å². The van der Waals surface area contributed by atoms with Gasteiger partial charge >= 0.3 is 5.97 Å². The second kappa shape index (κ2) is 9.80. The molecule has 1 aliphatic heterocycles. The molecule has 166 valence electrons. The number of carboxylic acid groups (broad SMARTS) is 1. The van der Waals surface area contributed by atoms with E-state index in [4.69, 9.17) is 9.97 Å². The van der Waals surface area contributed by atoms with Crippen molar-refractivity contribution in [3.63, 3.8) is 0 Å². The molecule has 8 heteroatoms. The second-order valence-corrected chi connectivity index (χ2v) is 8.26. The highest BCUT2D eigenvalue weighted by Gasteiger charge is 2.26. The minimum atomic E-state index is -0.732. The largest absolute Gasteiger partial charge is 0.481 e. The maximum atomic E-state index is 13.3. The highest BCUT2D eigenvalue weighted by Crippen LogP contribution is 2.25. The van der Waals surface area contributed by atoms with E-state index in [1.165, 1.54) is 12.1 Å². The fraction of sp³-hybridized carbons (Fsp3) is 0.375. The molecule has 1 aromatic carbocycles. The molecule has 3 aromatic rings. The predicted octanol–water partition coefficient (Wildman–Crippen LogP) is 3.64. The maximum absolute atomic E-state index is 13.3. The number of hydrogen-bond acceptors (Lipinski definition) is 6. The number of hydrogen-bond donors (Lipinski definition) is 1. The zero-order chi connectivity index (χ0) is 22.5. The standard InChI is InChI=1S/C24H26FN5O2/c1-16(17-2-4-19(25)5-3-17)12-22-28-20(13-21-15-26-8-9-27-21)14-23(29-22)30-10-6-18(7-11-30)24(31)32/h2-5,8-9,14-16,18H,6-7,10-13H2,1H3,(H,31,32)/t16-/m1/s1. The van der Waals surface area contributed by atoms with Gasteiger partial charge in [0.05, 0.1) is 17.3 Å². The van der Waals surface area contributed by atoms with Gasteiger partial charge in [-0.25, -0.2) is 14.4 Å². The summed E-state index contributed by atoms with van der Waals surface area (Å²) in [6, 6.07) is 8.48. The van der Waals surface area contributed by atoms with E-state index < -0.39 is 5.97 Å². The topological polar surface area (TPSA) is 92.1 Å². The van der Waals surface area contributed by atoms with Crippen LogP contribution in [0.25, 0.3) is 0 Å². The Hall–Kier alpha value is -3.42. The normalized spacial score (nSPS) is 15.5. The van der Waals surface area contributed by atoms with Crippen molar-refractivity contribution in [2.24, 2.45) is 5.92 Å². The first-order chi connectivity index (χ1) is 15.5. The van der Waals surface area contributed by atoms with Crippen LogP contribution in [0.3, 0.4) is 0 Å². The van der Waals surface area contributed by atoms with Crippen molar-refractivity contribution in [3.05, 3.63) is 77.5 Å². The summed E-state index contributed by atoms with van der Waals surface area (Å²) < 4.78 is 13.3. The Bertz CT molecular complexity index is 1050. The average Bonchev–Trinajstić information content (AvgIpc) is 2.80. The Morgan fingerprint density at radius 1 is 1.16 bits per heavy atom. The number of rotatable bonds is 7. The number of anilines is 1. The summed E-state index contributed by atoms with van der Waals surface area (Å²) in [5, 5.41) is 9.29. The fourth-order valence-corrected chi connectivity index (χ4v) is 4.03. The van der Waals surface area contributed by atoms with Gasteiger partial charge in [-0.05, 0) is 36.5 Å². The SMILES string of the molecule is C[C@H](Cc1nc(Cc2cnccn2)cc(N2CCC(C(=O)O)CC2)n1)c1ccc(F)cc1. The van der Waals surface area contributed by atoms with E-state index in [0.717, 1.165) is 22.8 Å². The zero-order valence-electron chi connectivity index (χ0n) is 18.0. The van der Waals surface area contributed by atoms with Crippen molar-refractivity contribution in [2.75, 3.05) is 18.0 Å². The lowest BCUT2D eigenvalue weighted by molar-refractivity contribution is -0.142. The molecule has 1 N–H and O–H groups in total. The average molecular weight is 436 g/mol. The first-order valence-corrected chi connectivity index (χ1v) is 10.8. The van der Waals surface area contributed by atoms with E-state index in [1.54, 1.807) is 30.7 Å². The number of halogens is 1. The maximum Gasteiger partial charge on any atom is 0.306 e. The molecule has 7 nitrogen and oxygen atoms in total. The molecule has 3 heterocycles. The molecule has 32 heavy (non-hydrogen) atoms. The first kappa shape index (κ1) is 21.8. The molecule has 0 bridgehead atoms. The molecule has 2 aromatic heterocycles. The van der Waals surface area contributed by atoms with Crippen molar-refractivity contribution in [2.45, 2.75) is 38.5 Å². The van der Waals surface area contributed by atoms with Gasteiger partial charge < -0.3 is 10.0 Å². The third-order valence-corrected chi connectivity index (χ3v) is 5.89. The van der Waals surface area contributed by atoms with Gasteiger partial charge in [0, 0.05) is 50.6 Å². The van der Waals surface area contributed by atoms with Crippen LogP contribution in [0.4, 0.5) is 10.2 Å². The molecule has 1 atom stereocenters. The highest BCUT2D eigenvalue weighted by molar-refractivity contribution is 5.70. The van der Waals surface area contributed by atoms with Crippen LogP contribution in [0, 0.1) is 11.7 Å². The third-order valence-electron chi connectivity index (χ3n) is 5.89. The summed E-state index contributed by atoms with van der Waals surface area (Å²) in [7, 11) is 0. The van der Waals surface area contributed by atoms with Gasteiger partial charge in [0.25, 0.3) is 0 Å². The van der Waals surface area contributed by atoms with Crippen LogP contribution in [0.2, 0.25) is 0 Å². The Kier molecular flexibility index (Phi) is 6.68. The van der Waals surface area contributed by atoms with Gasteiger partial charge in [-0.15, -0.1) is 0 Å². The fourth-order valence-electron chi connectivity index (χ4n) is 4.03. The van der Waals surface area contributed by atoms with Gasteiger partial charge in [0.1, 0.15) is 17.5 Å². The van der Waals surface area contributed by atoms with Crippen molar-refractivity contribution >= 4 is 11.8 Å². The van der Waals surface area contributed by atoms with E-state index in [0.29, 0.717) is 44.6 Å². The summed E-state index contributed by atoms with van der Waals surface area (Å²) in [5.41, 5.74) is 2.69. The van der Waals surface area contributed by atoms with Crippen molar-refractivity contribution in [3.8, 4) is 0 Å². The van der Waals surface area contributed by atoms with E-state index in [2.05, 4.69) is 21.8 Å². The summed E-state index contributed by atoms with van der Waals surface area (Å²) in [5.74, 6) is 0.348. The molecule has 0 saturated carbocycles. The minimum Gasteiger partial charge on any atom is -0.481 e. The van der Waals surface area contributed by atoms with Crippen molar-refractivity contribution in [1.82, 2.24) is 19.9 Å². The van der Waals surface area contributed by atoms with Crippen LogP contribution in [0.1, 0.15) is 48.5 Å². The summed E-state index contributed by atoms with van der Waals surface area (Å²) in [4.78, 5) is 31.5. The van der Waals surface area contributed by atoms with Crippen LogP contribution in [-0.2, 0) is 17.6 Å². The van der Waals surface area contributed by atoms with E-state index in [1.807, 2.05) is 6.07 Å². The molecular weight excluding hydrogens is 409 g/mol. The van der Waals surface area contributed by atoms with E-state index >= 15 is 0 Å². The van der Waals surface area contributed by atoms with Crippen LogP contribution >= 0.6 is 0 Å². The predicted molar refractivity (Wildman–Crippen MR) is 118 cm³/mol. The molecule has 1 saturated heterocycles. The minimum absolute atomic E-state index is 0.118. The second-order valence-electron chi connectivity index (χ2n) is 8.26. The molecule has 1 fully saturated rings. The summed E-state index contributed by atoms with van der Waals surface area (Å²) in [6.45, 7) is 3.36. The van der Waals surface area contributed by atoms with E-state index in [-0.39, 0.29) is 17.7 Å². The lowest BCUT2D eigenvalue weighted by Gasteiger charge is -2.31. The Morgan fingerprint density at radius 3 is 2.56 bits per heavy atom. The molecular formula is C24H26FN5O2. The monoisotopic (exact) mass is 435 g/mol. The smallest absolute Gasteiger partial charge is 0.306 e. The number of benzene rings is 1. The number of piperidine rings is 1. The molecule has 0 radical (unpaired) electrons. The lowest BCUT2D eigenvalue weighted by atomic mass is 9.96. The molecule has 0 aliphatic carbocycles. The van der Waals surface area contributed by atoms with Gasteiger partial charge in [-0.1, -0.05) is 19.1 Å². The van der Waals surface area contributed by atoms with Crippen LogP contribution in [0.5, 0.6) is 0 Å². The van der Waals surface area contributed by atoms with Gasteiger partial charge in [0.15, 0.2) is 0 Å². The van der Waals surface area contributed by atoms with Crippen LogP contribution in [-0.4, -0.2) is 44.1 Å². The van der Waals surface area contributed by atoms with Gasteiger partial charge in [-0.2, -0.15) is 0 Å². The van der Waals surface area contributed by atoms with Crippen LogP contribution < -0.4 is 4.90 Å². The highest BCUT2D eigenvalue weighted by atomic mass is 19.1. The molecule has 0 unspecified atom stereocenters. The lowest BCUT2D eigenvalue weighted by Crippen LogP contribution is -2.37. The first-order valence-electron chi connectivity index (χ1n) is 10.8.